The highest BCUT2D eigenvalue weighted by Gasteiger charge is 2.46. The van der Waals surface area contributed by atoms with Crippen molar-refractivity contribution in [3.8, 4) is 0 Å². The summed E-state index contributed by atoms with van der Waals surface area (Å²) in [6.45, 7) is 0.830. The van der Waals surface area contributed by atoms with Crippen molar-refractivity contribution in [3.05, 3.63) is 95.8 Å². The van der Waals surface area contributed by atoms with Gasteiger partial charge in [-0.05, 0) is 23.3 Å². The molecule has 3 atom stereocenters. The van der Waals surface area contributed by atoms with Crippen molar-refractivity contribution in [1.29, 1.82) is 0 Å². The Morgan fingerprint density at radius 2 is 1.62 bits per heavy atom. The first-order valence-electron chi connectivity index (χ1n) is 8.59. The van der Waals surface area contributed by atoms with E-state index in [0.29, 0.717) is 12.1 Å². The lowest BCUT2D eigenvalue weighted by atomic mass is 9.90. The fourth-order valence-corrected chi connectivity index (χ4v) is 4.15. The van der Waals surface area contributed by atoms with Crippen LogP contribution in [0.4, 0.5) is 0 Å². The second kappa shape index (κ2) is 5.62. The maximum absolute atomic E-state index is 6.34. The molecule has 3 heterocycles. The van der Waals surface area contributed by atoms with Crippen molar-refractivity contribution in [2.45, 2.75) is 31.2 Å². The average Bonchev–Trinajstić information content (AvgIpc) is 3.24. The van der Waals surface area contributed by atoms with Crippen LogP contribution in [0.3, 0.4) is 0 Å². The quantitative estimate of drug-likeness (QED) is 0.715. The van der Waals surface area contributed by atoms with Crippen molar-refractivity contribution in [1.82, 2.24) is 9.63 Å². The van der Waals surface area contributed by atoms with E-state index in [-0.39, 0.29) is 6.10 Å². The Balaban J connectivity index is 1.53. The first-order chi connectivity index (χ1) is 11.9. The summed E-state index contributed by atoms with van der Waals surface area (Å²) in [7, 11) is 0. The summed E-state index contributed by atoms with van der Waals surface area (Å²) in [4.78, 5) is 6.34. The van der Waals surface area contributed by atoms with Crippen LogP contribution in [0.2, 0.25) is 0 Å². The van der Waals surface area contributed by atoms with Gasteiger partial charge < -0.3 is 4.57 Å². The highest BCUT2D eigenvalue weighted by molar-refractivity contribution is 5.29. The summed E-state index contributed by atoms with van der Waals surface area (Å²) in [5.74, 6) is 0. The first kappa shape index (κ1) is 14.0. The van der Waals surface area contributed by atoms with Gasteiger partial charge in [-0.3, -0.25) is 4.84 Å². The standard InChI is InChI=1S/C21H20N2O/c1-3-8-16(9-4-1)15-23-19-14-20(24-23)18-12-7-13-22(18)21(19)17-10-5-2-6-11-17/h1-13,19-21H,14-15H2/t19-,20+,21+/m1/s1. The van der Waals surface area contributed by atoms with E-state index in [1.165, 1.54) is 16.8 Å². The molecule has 0 amide bonds. The van der Waals surface area contributed by atoms with Gasteiger partial charge in [-0.15, -0.1) is 0 Å². The molecule has 1 fully saturated rings. The third kappa shape index (κ3) is 2.20. The lowest BCUT2D eigenvalue weighted by Gasteiger charge is -2.33. The van der Waals surface area contributed by atoms with E-state index >= 15 is 0 Å². The molecule has 2 aliphatic rings. The van der Waals surface area contributed by atoms with Crippen molar-refractivity contribution in [2.75, 3.05) is 0 Å². The van der Waals surface area contributed by atoms with Gasteiger partial charge in [-0.25, -0.2) is 0 Å². The highest BCUT2D eigenvalue weighted by Crippen LogP contribution is 2.46. The van der Waals surface area contributed by atoms with Crippen LogP contribution in [0.1, 0.15) is 35.4 Å². The van der Waals surface area contributed by atoms with E-state index in [1.54, 1.807) is 0 Å². The van der Waals surface area contributed by atoms with Gasteiger partial charge in [0, 0.05) is 24.9 Å². The molecule has 3 heteroatoms. The molecular weight excluding hydrogens is 296 g/mol. The fraction of sp³-hybridized carbons (Fsp3) is 0.238. The molecule has 5 rings (SSSR count). The van der Waals surface area contributed by atoms with Crippen LogP contribution in [-0.2, 0) is 11.4 Å². The Bertz CT molecular complexity index is 825. The molecule has 0 N–H and O–H groups in total. The van der Waals surface area contributed by atoms with E-state index in [2.05, 4.69) is 88.6 Å². The highest BCUT2D eigenvalue weighted by atomic mass is 16.7. The number of hydroxylamine groups is 2. The molecule has 120 valence electrons. The van der Waals surface area contributed by atoms with Gasteiger partial charge in [0.1, 0.15) is 6.10 Å². The van der Waals surface area contributed by atoms with Crippen molar-refractivity contribution >= 4 is 0 Å². The van der Waals surface area contributed by atoms with Crippen LogP contribution < -0.4 is 0 Å². The van der Waals surface area contributed by atoms with Gasteiger partial charge in [-0.1, -0.05) is 60.7 Å². The molecule has 3 aromatic rings. The number of nitrogens with zero attached hydrogens (tertiary/aromatic N) is 2. The van der Waals surface area contributed by atoms with Crippen molar-refractivity contribution in [2.24, 2.45) is 0 Å². The number of benzene rings is 2. The smallest absolute Gasteiger partial charge is 0.121 e. The zero-order valence-corrected chi connectivity index (χ0v) is 13.5. The number of hydrogen-bond acceptors (Lipinski definition) is 2. The predicted octanol–water partition coefficient (Wildman–Crippen LogP) is 4.34. The van der Waals surface area contributed by atoms with Gasteiger partial charge in [0.2, 0.25) is 0 Å². The monoisotopic (exact) mass is 316 g/mol. The van der Waals surface area contributed by atoms with E-state index < -0.39 is 0 Å². The van der Waals surface area contributed by atoms with Crippen molar-refractivity contribution < 1.29 is 4.84 Å². The molecule has 0 spiro atoms. The molecule has 2 bridgehead atoms. The molecule has 1 aromatic heterocycles. The molecule has 3 nitrogen and oxygen atoms in total. The van der Waals surface area contributed by atoms with Gasteiger partial charge in [0.25, 0.3) is 0 Å². The number of fused-ring (bicyclic) bond motifs is 4. The van der Waals surface area contributed by atoms with E-state index in [1.807, 2.05) is 0 Å². The van der Waals surface area contributed by atoms with Crippen LogP contribution in [0.25, 0.3) is 0 Å². The number of rotatable bonds is 3. The number of hydrogen-bond donors (Lipinski definition) is 0. The Labute approximate surface area is 142 Å². The third-order valence-electron chi connectivity index (χ3n) is 5.22. The lowest BCUT2D eigenvalue weighted by molar-refractivity contribution is -0.169. The summed E-state index contributed by atoms with van der Waals surface area (Å²) < 4.78 is 2.40. The Hall–Kier alpha value is -2.36. The molecule has 0 aliphatic carbocycles. The van der Waals surface area contributed by atoms with Crippen LogP contribution in [0.15, 0.2) is 79.0 Å². The Morgan fingerprint density at radius 1 is 0.875 bits per heavy atom. The van der Waals surface area contributed by atoms with Crippen LogP contribution in [0, 0.1) is 0 Å². The summed E-state index contributed by atoms with van der Waals surface area (Å²) in [6, 6.07) is 26.4. The zero-order valence-electron chi connectivity index (χ0n) is 13.5. The van der Waals surface area contributed by atoms with E-state index in [9.17, 15) is 0 Å². The first-order valence-corrected chi connectivity index (χ1v) is 8.59. The van der Waals surface area contributed by atoms with E-state index in [0.717, 1.165) is 13.0 Å². The lowest BCUT2D eigenvalue weighted by Crippen LogP contribution is -2.37. The fourth-order valence-electron chi connectivity index (χ4n) is 4.15. The van der Waals surface area contributed by atoms with Gasteiger partial charge in [0.05, 0.1) is 12.1 Å². The minimum atomic E-state index is 0.175. The minimum absolute atomic E-state index is 0.175. The SMILES string of the molecule is c1ccc(CN2O[C@H]3C[C@@H]2[C@H](c2ccccc2)n2cccc23)cc1. The summed E-state index contributed by atoms with van der Waals surface area (Å²) in [5, 5.41) is 2.20. The maximum atomic E-state index is 6.34. The topological polar surface area (TPSA) is 17.4 Å². The molecule has 1 saturated heterocycles. The summed E-state index contributed by atoms with van der Waals surface area (Å²) >= 11 is 0. The largest absolute Gasteiger partial charge is 0.340 e. The Morgan fingerprint density at radius 3 is 2.42 bits per heavy atom. The molecule has 0 radical (unpaired) electrons. The summed E-state index contributed by atoms with van der Waals surface area (Å²) in [6.07, 6.45) is 3.42. The molecular formula is C21H20N2O. The van der Waals surface area contributed by atoms with Crippen molar-refractivity contribution in [3.63, 3.8) is 0 Å². The molecule has 24 heavy (non-hydrogen) atoms. The Kier molecular flexibility index (Phi) is 3.28. The molecule has 0 saturated carbocycles. The van der Waals surface area contributed by atoms with E-state index in [4.69, 9.17) is 4.84 Å². The van der Waals surface area contributed by atoms with Gasteiger partial charge >= 0.3 is 0 Å². The number of aromatic nitrogens is 1. The molecule has 2 aromatic carbocycles. The minimum Gasteiger partial charge on any atom is -0.340 e. The molecule has 0 unspecified atom stereocenters. The maximum Gasteiger partial charge on any atom is 0.121 e. The summed E-state index contributed by atoms with van der Waals surface area (Å²) in [5.41, 5.74) is 3.93. The average molecular weight is 316 g/mol. The molecule has 2 aliphatic heterocycles. The van der Waals surface area contributed by atoms with Gasteiger partial charge in [0.15, 0.2) is 0 Å². The normalized spacial score (nSPS) is 25.6. The predicted molar refractivity (Wildman–Crippen MR) is 93.2 cm³/mol. The second-order valence-electron chi connectivity index (χ2n) is 6.65. The third-order valence-corrected chi connectivity index (χ3v) is 5.22. The van der Waals surface area contributed by atoms with Gasteiger partial charge in [-0.2, -0.15) is 5.06 Å². The van der Waals surface area contributed by atoms with Crippen LogP contribution in [0.5, 0.6) is 0 Å². The zero-order chi connectivity index (χ0) is 15.9. The second-order valence-corrected chi connectivity index (χ2v) is 6.65. The van der Waals surface area contributed by atoms with Crippen LogP contribution in [-0.4, -0.2) is 15.7 Å². The van der Waals surface area contributed by atoms with Crippen LogP contribution >= 0.6 is 0 Å².